The van der Waals surface area contributed by atoms with E-state index in [1.54, 1.807) is 0 Å². The van der Waals surface area contributed by atoms with Crippen LogP contribution in [0.4, 0.5) is 0 Å². The largest absolute Gasteiger partial charge is 0.309 e. The van der Waals surface area contributed by atoms with Gasteiger partial charge in [0.2, 0.25) is 0 Å². The standard InChI is InChI=1S/C68H42N4.C58H36N4/c1-3-15-43(16-4-1)50-36-51(44-17-5-2-6-18-44)38-53(37-50)67-57-23-11-13-25-61(57)69-68(70-67)49-28-27-45-29-31-54(39-52(45)35-49)72-63-34-32-55(42-60(63)59-40-47-20-7-8-21-48(47)41-65(59)72)71-62-26-14-12-24-58(62)66-56-22-10-9-19-46(56)30-33-64(66)71;1-2-13-37(14-3-1)38-25-27-40(28-26-38)57-47-21-8-10-23-51(47)59-58(60-57)43-18-12-19-44(33-43)62-53-32-30-45(36-50(53)49-34-41-16-4-5-17-42(41)35-55(49)62)61-52-24-11-9-22-48(52)56-46-20-7-6-15-39(46)29-31-54(56)61/h1-42H;1-36H. The normalized spacial score (nSPS) is 11.9. The van der Waals surface area contributed by atoms with Crippen LogP contribution in [0.3, 0.4) is 0 Å². The molecule has 0 aliphatic heterocycles. The molecule has 622 valence electrons. The Balaban J connectivity index is 0.000000138. The van der Waals surface area contributed by atoms with Gasteiger partial charge in [-0.2, -0.15) is 0 Å². The zero-order chi connectivity index (χ0) is 88.0. The second-order valence-corrected chi connectivity index (χ2v) is 35.2. The fraction of sp³-hybridized carbons (Fsp3) is 0. The summed E-state index contributed by atoms with van der Waals surface area (Å²) in [5.41, 5.74) is 28.5. The third-order valence-corrected chi connectivity index (χ3v) is 27.5. The van der Waals surface area contributed by atoms with Gasteiger partial charge in [0.25, 0.3) is 0 Å². The van der Waals surface area contributed by atoms with Gasteiger partial charge in [0.15, 0.2) is 11.6 Å². The highest BCUT2D eigenvalue weighted by Gasteiger charge is 2.25. The van der Waals surface area contributed by atoms with Crippen molar-refractivity contribution < 1.29 is 0 Å². The number of aromatic nitrogens is 8. The molecular weight excluding hydrogens is 1630 g/mol. The lowest BCUT2D eigenvalue weighted by molar-refractivity contribution is 1.16. The molecule has 0 fully saturated rings. The lowest BCUT2D eigenvalue weighted by Gasteiger charge is -2.14. The van der Waals surface area contributed by atoms with E-state index in [0.29, 0.717) is 11.6 Å². The van der Waals surface area contributed by atoms with Crippen LogP contribution in [0.1, 0.15) is 0 Å². The summed E-state index contributed by atoms with van der Waals surface area (Å²) in [4.78, 5) is 21.2. The number of rotatable bonds is 11. The average Bonchev–Trinajstić information content (AvgIpc) is 1.56. The molecule has 0 N–H and O–H groups in total. The molecule has 0 radical (unpaired) electrons. The molecule has 28 aromatic rings. The van der Waals surface area contributed by atoms with Gasteiger partial charge in [-0.1, -0.05) is 328 Å². The van der Waals surface area contributed by atoms with E-state index < -0.39 is 0 Å². The molecule has 6 heterocycles. The molecule has 6 aromatic heterocycles. The van der Waals surface area contributed by atoms with Gasteiger partial charge in [-0.15, -0.1) is 0 Å². The molecule has 0 aliphatic carbocycles. The lowest BCUT2D eigenvalue weighted by Crippen LogP contribution is -1.98. The molecule has 0 atom stereocenters. The summed E-state index contributed by atoms with van der Waals surface area (Å²) in [5.74, 6) is 1.39. The Morgan fingerprint density at radius 3 is 0.978 bits per heavy atom. The van der Waals surface area contributed by atoms with Crippen molar-refractivity contribution in [2.75, 3.05) is 0 Å². The smallest absolute Gasteiger partial charge is 0.160 e. The molecule has 8 heteroatoms. The number of hydrogen-bond donors (Lipinski definition) is 0. The van der Waals surface area contributed by atoms with E-state index >= 15 is 0 Å². The van der Waals surface area contributed by atoms with Gasteiger partial charge < -0.3 is 18.3 Å². The van der Waals surface area contributed by atoms with Crippen molar-refractivity contribution in [2.24, 2.45) is 0 Å². The van der Waals surface area contributed by atoms with Crippen molar-refractivity contribution in [3.63, 3.8) is 0 Å². The Morgan fingerprint density at radius 2 is 0.463 bits per heavy atom. The molecule has 28 rings (SSSR count). The van der Waals surface area contributed by atoms with Crippen LogP contribution in [0.2, 0.25) is 0 Å². The summed E-state index contributed by atoms with van der Waals surface area (Å²) in [6, 6.07) is 171. The van der Waals surface area contributed by atoms with Gasteiger partial charge in [-0.25, -0.2) is 19.9 Å². The fourth-order valence-corrected chi connectivity index (χ4v) is 21.2. The summed E-state index contributed by atoms with van der Waals surface area (Å²) in [7, 11) is 0. The van der Waals surface area contributed by atoms with Crippen LogP contribution >= 0.6 is 0 Å². The second kappa shape index (κ2) is 30.9. The summed E-state index contributed by atoms with van der Waals surface area (Å²) in [6.45, 7) is 0. The minimum absolute atomic E-state index is 0.691. The zero-order valence-corrected chi connectivity index (χ0v) is 72.6. The maximum atomic E-state index is 5.46. The number of hydrogen-bond acceptors (Lipinski definition) is 4. The Kier molecular flexibility index (Phi) is 17.5. The van der Waals surface area contributed by atoms with E-state index in [-0.39, 0.29) is 0 Å². The Bertz CT molecular complexity index is 9650. The van der Waals surface area contributed by atoms with E-state index in [1.165, 1.54) is 125 Å². The molecule has 0 aliphatic rings. The average molecular weight is 1700 g/mol. The Hall–Kier alpha value is -18.0. The lowest BCUT2D eigenvalue weighted by atomic mass is 9.94. The number of para-hydroxylation sites is 4. The van der Waals surface area contributed by atoms with Crippen LogP contribution < -0.4 is 0 Å². The first-order chi connectivity index (χ1) is 66.4. The SMILES string of the molecule is c1ccc(-c2cc(-c3ccccc3)cc(-c3nc(-c4ccc5ccc(-n6c7ccc(-n8c9ccccc9c9c%10ccccc%10ccc98)cc7c7cc8ccccc8cc76)cc5c4)nc4ccccc34)c2)cc1.c1ccc(-c2ccc(-c3nc(-c4cccc(-n5c6ccc(-n7c8ccccc8c8c9ccccc9ccc87)cc6c6cc7ccccc7cc65)c4)nc4ccccc34)cc2)cc1. The van der Waals surface area contributed by atoms with E-state index in [2.05, 4.69) is 491 Å². The highest BCUT2D eigenvalue weighted by Crippen LogP contribution is 2.46. The van der Waals surface area contributed by atoms with Gasteiger partial charge in [0.05, 0.1) is 66.6 Å². The predicted octanol–water partition coefficient (Wildman–Crippen LogP) is 33.1. The molecule has 8 nitrogen and oxygen atoms in total. The van der Waals surface area contributed by atoms with Crippen molar-refractivity contribution in [3.05, 3.63) is 473 Å². The monoisotopic (exact) mass is 1700 g/mol. The Morgan fingerprint density at radius 1 is 0.134 bits per heavy atom. The van der Waals surface area contributed by atoms with Crippen LogP contribution in [0.25, 0.3) is 264 Å². The van der Waals surface area contributed by atoms with Crippen molar-refractivity contribution in [1.29, 1.82) is 0 Å². The van der Waals surface area contributed by atoms with E-state index in [1.807, 2.05) is 0 Å². The molecular formula is C126H78N8. The maximum Gasteiger partial charge on any atom is 0.160 e. The minimum Gasteiger partial charge on any atom is -0.309 e. The van der Waals surface area contributed by atoms with Gasteiger partial charge >= 0.3 is 0 Å². The maximum absolute atomic E-state index is 5.46. The molecule has 0 spiro atoms. The van der Waals surface area contributed by atoms with Gasteiger partial charge in [-0.05, 0) is 233 Å². The van der Waals surface area contributed by atoms with Gasteiger partial charge in [0, 0.05) is 98.9 Å². The summed E-state index contributed by atoms with van der Waals surface area (Å²) < 4.78 is 9.74. The second-order valence-electron chi connectivity index (χ2n) is 35.2. The summed E-state index contributed by atoms with van der Waals surface area (Å²) >= 11 is 0. The number of fused-ring (bicyclic) bond motifs is 21. The number of nitrogens with zero attached hydrogens (tertiary/aromatic N) is 8. The molecule has 0 saturated heterocycles. The van der Waals surface area contributed by atoms with Crippen molar-refractivity contribution >= 4 is 163 Å². The van der Waals surface area contributed by atoms with Crippen molar-refractivity contribution in [1.82, 2.24) is 38.2 Å². The Labute approximate surface area is 770 Å². The van der Waals surface area contributed by atoms with Gasteiger partial charge in [0.1, 0.15) is 0 Å². The third-order valence-electron chi connectivity index (χ3n) is 27.5. The molecule has 22 aromatic carbocycles. The quantitative estimate of drug-likeness (QED) is 0.129. The van der Waals surface area contributed by atoms with E-state index in [0.717, 1.165) is 128 Å². The third kappa shape index (κ3) is 12.6. The molecule has 0 bridgehead atoms. The molecule has 134 heavy (non-hydrogen) atoms. The predicted molar refractivity (Wildman–Crippen MR) is 562 cm³/mol. The number of benzene rings is 22. The molecule has 0 amide bonds. The van der Waals surface area contributed by atoms with Crippen molar-refractivity contribution in [2.45, 2.75) is 0 Å². The van der Waals surface area contributed by atoms with Crippen LogP contribution in [-0.2, 0) is 0 Å². The van der Waals surface area contributed by atoms with Gasteiger partial charge in [-0.3, -0.25) is 0 Å². The highest BCUT2D eigenvalue weighted by atomic mass is 15.0. The first-order valence-corrected chi connectivity index (χ1v) is 45.8. The van der Waals surface area contributed by atoms with Crippen LogP contribution in [0.5, 0.6) is 0 Å². The summed E-state index contributed by atoms with van der Waals surface area (Å²) in [6.07, 6.45) is 0. The fourth-order valence-electron chi connectivity index (χ4n) is 21.2. The van der Waals surface area contributed by atoms with E-state index in [9.17, 15) is 0 Å². The first-order valence-electron chi connectivity index (χ1n) is 45.8. The van der Waals surface area contributed by atoms with E-state index in [4.69, 9.17) is 19.9 Å². The molecule has 0 unspecified atom stereocenters. The highest BCUT2D eigenvalue weighted by molar-refractivity contribution is 6.24. The van der Waals surface area contributed by atoms with Crippen LogP contribution in [0, 0.1) is 0 Å². The summed E-state index contributed by atoms with van der Waals surface area (Å²) in [5, 5.41) is 24.1. The van der Waals surface area contributed by atoms with Crippen LogP contribution in [0.15, 0.2) is 473 Å². The molecule has 0 saturated carbocycles. The van der Waals surface area contributed by atoms with Crippen LogP contribution in [-0.4, -0.2) is 38.2 Å². The topological polar surface area (TPSA) is 71.3 Å². The zero-order valence-electron chi connectivity index (χ0n) is 72.6. The minimum atomic E-state index is 0.691. The first kappa shape index (κ1) is 76.1. The van der Waals surface area contributed by atoms with Crippen molar-refractivity contribution in [3.8, 4) is 101 Å².